The van der Waals surface area contributed by atoms with Gasteiger partial charge in [-0.05, 0) is 47.7 Å². The number of aryl methyl sites for hydroxylation is 1. The van der Waals surface area contributed by atoms with E-state index in [9.17, 15) is 9.90 Å². The number of rotatable bonds is 5. The Bertz CT molecular complexity index is 1020. The number of hydrogen-bond acceptors (Lipinski definition) is 2. The monoisotopic (exact) mass is 386 g/mol. The van der Waals surface area contributed by atoms with Crippen LogP contribution >= 0.6 is 0 Å². The number of carboxylic acids is 1. The predicted molar refractivity (Wildman–Crippen MR) is 118 cm³/mol. The summed E-state index contributed by atoms with van der Waals surface area (Å²) in [6, 6.07) is 22.8. The highest BCUT2D eigenvalue weighted by Crippen LogP contribution is 2.35. The van der Waals surface area contributed by atoms with E-state index < -0.39 is 5.97 Å². The van der Waals surface area contributed by atoms with E-state index in [1.165, 1.54) is 5.56 Å². The lowest BCUT2D eigenvalue weighted by Crippen LogP contribution is -2.12. The summed E-state index contributed by atoms with van der Waals surface area (Å²) in [5.41, 5.74) is 4.06. The lowest BCUT2D eigenvalue weighted by molar-refractivity contribution is -0.130. The van der Waals surface area contributed by atoms with Gasteiger partial charge in [-0.25, -0.2) is 4.79 Å². The van der Waals surface area contributed by atoms with Crippen molar-refractivity contribution in [3.63, 3.8) is 0 Å². The first-order valence-corrected chi connectivity index (χ1v) is 9.63. The van der Waals surface area contributed by atoms with E-state index in [0.29, 0.717) is 11.3 Å². The number of hydrogen-bond donors (Lipinski definition) is 1. The molecular formula is C26H26O3. The van der Waals surface area contributed by atoms with Crippen LogP contribution in [0.15, 0.2) is 72.8 Å². The Kier molecular flexibility index (Phi) is 5.88. The summed E-state index contributed by atoms with van der Waals surface area (Å²) < 4.78 is 6.15. The standard InChI is InChI=1S/C26H26O3/c1-18-10-15-24(23(16-18)26(2,3)4)29-21-13-11-19(12-14-21)17-22(25(27)28)20-8-6-5-7-9-20/h5-17H,1-4H3,(H,27,28)/b22-17+. The van der Waals surface area contributed by atoms with Crippen molar-refractivity contribution >= 4 is 17.6 Å². The van der Waals surface area contributed by atoms with Crippen LogP contribution in [-0.4, -0.2) is 11.1 Å². The van der Waals surface area contributed by atoms with Crippen LogP contribution in [0, 0.1) is 6.92 Å². The van der Waals surface area contributed by atoms with Gasteiger partial charge in [-0.3, -0.25) is 0 Å². The molecule has 0 bridgehead atoms. The molecule has 3 aromatic carbocycles. The van der Waals surface area contributed by atoms with Crippen molar-refractivity contribution in [3.8, 4) is 11.5 Å². The molecule has 0 unspecified atom stereocenters. The molecular weight excluding hydrogens is 360 g/mol. The van der Waals surface area contributed by atoms with Crippen molar-refractivity contribution in [3.05, 3.63) is 95.1 Å². The van der Waals surface area contributed by atoms with Crippen LogP contribution < -0.4 is 4.74 Å². The highest BCUT2D eigenvalue weighted by Gasteiger charge is 2.19. The third-order valence-corrected chi connectivity index (χ3v) is 4.68. The minimum atomic E-state index is -0.953. The molecule has 0 spiro atoms. The predicted octanol–water partition coefficient (Wildman–Crippen LogP) is 6.71. The summed E-state index contributed by atoms with van der Waals surface area (Å²) in [7, 11) is 0. The molecule has 0 aliphatic heterocycles. The average Bonchev–Trinajstić information content (AvgIpc) is 2.68. The van der Waals surface area contributed by atoms with E-state index >= 15 is 0 Å². The van der Waals surface area contributed by atoms with E-state index in [0.717, 1.165) is 16.9 Å². The molecule has 0 fully saturated rings. The molecule has 0 aromatic heterocycles. The Hall–Kier alpha value is -3.33. The molecule has 29 heavy (non-hydrogen) atoms. The van der Waals surface area contributed by atoms with Gasteiger partial charge in [-0.2, -0.15) is 0 Å². The molecule has 0 radical (unpaired) electrons. The summed E-state index contributed by atoms with van der Waals surface area (Å²) >= 11 is 0. The maximum atomic E-state index is 11.7. The maximum absolute atomic E-state index is 11.7. The second-order valence-electron chi connectivity index (χ2n) is 8.15. The molecule has 0 aliphatic carbocycles. The van der Waals surface area contributed by atoms with Gasteiger partial charge in [0.15, 0.2) is 0 Å². The van der Waals surface area contributed by atoms with Crippen LogP contribution in [0.4, 0.5) is 0 Å². The van der Waals surface area contributed by atoms with Gasteiger partial charge < -0.3 is 9.84 Å². The van der Waals surface area contributed by atoms with Gasteiger partial charge in [-0.1, -0.05) is 80.9 Å². The van der Waals surface area contributed by atoms with Crippen LogP contribution in [0.2, 0.25) is 0 Å². The van der Waals surface area contributed by atoms with E-state index in [1.54, 1.807) is 18.2 Å². The van der Waals surface area contributed by atoms with Gasteiger partial charge in [0.05, 0.1) is 5.57 Å². The van der Waals surface area contributed by atoms with Gasteiger partial charge in [0.1, 0.15) is 11.5 Å². The Labute approximate surface area is 172 Å². The summed E-state index contributed by atoms with van der Waals surface area (Å²) in [5.74, 6) is 0.598. The number of benzene rings is 3. The molecule has 0 saturated carbocycles. The molecule has 0 amide bonds. The smallest absolute Gasteiger partial charge is 0.336 e. The summed E-state index contributed by atoms with van der Waals surface area (Å²) in [4.78, 5) is 11.7. The quantitative estimate of drug-likeness (QED) is 0.391. The Morgan fingerprint density at radius 1 is 0.931 bits per heavy atom. The average molecular weight is 386 g/mol. The van der Waals surface area contributed by atoms with Crippen LogP contribution in [0.25, 0.3) is 11.6 Å². The number of carbonyl (C=O) groups is 1. The maximum Gasteiger partial charge on any atom is 0.336 e. The summed E-state index contributed by atoms with van der Waals surface area (Å²) in [6.07, 6.45) is 1.67. The van der Waals surface area contributed by atoms with Crippen molar-refractivity contribution in [2.45, 2.75) is 33.1 Å². The molecule has 3 heteroatoms. The molecule has 0 heterocycles. The molecule has 1 N–H and O–H groups in total. The van der Waals surface area contributed by atoms with Crippen LogP contribution in [0.3, 0.4) is 0 Å². The van der Waals surface area contributed by atoms with Gasteiger partial charge in [-0.15, -0.1) is 0 Å². The number of ether oxygens (including phenoxy) is 1. The molecule has 148 valence electrons. The molecule has 0 aliphatic rings. The van der Waals surface area contributed by atoms with Crippen molar-refractivity contribution in [2.24, 2.45) is 0 Å². The van der Waals surface area contributed by atoms with Crippen molar-refractivity contribution in [1.82, 2.24) is 0 Å². The third-order valence-electron chi connectivity index (χ3n) is 4.68. The van der Waals surface area contributed by atoms with Gasteiger partial charge in [0, 0.05) is 5.56 Å². The first-order chi connectivity index (χ1) is 13.7. The highest BCUT2D eigenvalue weighted by atomic mass is 16.5. The largest absolute Gasteiger partial charge is 0.478 e. The van der Waals surface area contributed by atoms with E-state index in [-0.39, 0.29) is 11.0 Å². The van der Waals surface area contributed by atoms with Gasteiger partial charge >= 0.3 is 5.97 Å². The third kappa shape index (κ3) is 5.14. The van der Waals surface area contributed by atoms with Gasteiger partial charge in [0.2, 0.25) is 0 Å². The second-order valence-corrected chi connectivity index (χ2v) is 8.15. The fourth-order valence-corrected chi connectivity index (χ4v) is 3.13. The summed E-state index contributed by atoms with van der Waals surface area (Å²) in [6.45, 7) is 8.57. The van der Waals surface area contributed by atoms with Crippen LogP contribution in [0.5, 0.6) is 11.5 Å². The molecule has 3 aromatic rings. The van der Waals surface area contributed by atoms with Crippen molar-refractivity contribution in [2.75, 3.05) is 0 Å². The van der Waals surface area contributed by atoms with Crippen molar-refractivity contribution in [1.29, 1.82) is 0 Å². The fourth-order valence-electron chi connectivity index (χ4n) is 3.13. The topological polar surface area (TPSA) is 46.5 Å². The Morgan fingerprint density at radius 3 is 2.17 bits per heavy atom. The second kappa shape index (κ2) is 8.36. The van der Waals surface area contributed by atoms with E-state index in [4.69, 9.17) is 4.74 Å². The SMILES string of the molecule is Cc1ccc(Oc2ccc(/C=C(/C(=O)O)c3ccccc3)cc2)c(C(C)(C)C)c1. The molecule has 3 nitrogen and oxygen atoms in total. The summed E-state index contributed by atoms with van der Waals surface area (Å²) in [5, 5.41) is 9.57. The Balaban J connectivity index is 1.87. The first-order valence-electron chi connectivity index (χ1n) is 9.63. The van der Waals surface area contributed by atoms with Crippen LogP contribution in [0.1, 0.15) is 43.0 Å². The highest BCUT2D eigenvalue weighted by molar-refractivity contribution is 6.20. The Morgan fingerprint density at radius 2 is 1.59 bits per heavy atom. The van der Waals surface area contributed by atoms with E-state index in [2.05, 4.69) is 33.8 Å². The lowest BCUT2D eigenvalue weighted by Gasteiger charge is -2.23. The lowest BCUT2D eigenvalue weighted by atomic mass is 9.85. The zero-order valence-electron chi connectivity index (χ0n) is 17.3. The minimum absolute atomic E-state index is 0.0316. The van der Waals surface area contributed by atoms with Crippen LogP contribution in [-0.2, 0) is 10.2 Å². The van der Waals surface area contributed by atoms with E-state index in [1.807, 2.05) is 54.6 Å². The minimum Gasteiger partial charge on any atom is -0.478 e. The normalized spacial score (nSPS) is 11.9. The van der Waals surface area contributed by atoms with Gasteiger partial charge in [0.25, 0.3) is 0 Å². The number of aliphatic carboxylic acids is 1. The molecule has 3 rings (SSSR count). The molecule has 0 atom stereocenters. The number of carboxylic acid groups (broad SMARTS) is 1. The fraction of sp³-hybridized carbons (Fsp3) is 0.192. The zero-order chi connectivity index (χ0) is 21.0. The van der Waals surface area contributed by atoms with Crippen molar-refractivity contribution < 1.29 is 14.6 Å². The zero-order valence-corrected chi connectivity index (χ0v) is 17.3. The molecule has 0 saturated heterocycles. The first kappa shape index (κ1) is 20.4.